The van der Waals surface area contributed by atoms with Crippen molar-refractivity contribution in [2.45, 2.75) is 19.8 Å². The van der Waals surface area contributed by atoms with Gasteiger partial charge in [-0.15, -0.1) is 0 Å². The first-order chi connectivity index (χ1) is 6.25. The van der Waals surface area contributed by atoms with Crippen LogP contribution in [0.15, 0.2) is 22.6 Å². The standard InChI is InChI=1S/C9H12N4/c1-7-3-4-9(12-11-7)8-5-10-13(2)6-8/h5-6H,3-4H2,1-2H3. The Morgan fingerprint density at radius 1 is 1.31 bits per heavy atom. The van der Waals surface area contributed by atoms with Crippen LogP contribution in [0.2, 0.25) is 0 Å². The molecule has 0 unspecified atom stereocenters. The predicted molar refractivity (Wildman–Crippen MR) is 52.1 cm³/mol. The van der Waals surface area contributed by atoms with Gasteiger partial charge in [0, 0.05) is 24.5 Å². The van der Waals surface area contributed by atoms with Crippen molar-refractivity contribution in [2.75, 3.05) is 0 Å². The molecule has 0 aliphatic carbocycles. The predicted octanol–water partition coefficient (Wildman–Crippen LogP) is 1.38. The van der Waals surface area contributed by atoms with E-state index in [9.17, 15) is 0 Å². The van der Waals surface area contributed by atoms with Gasteiger partial charge in [-0.25, -0.2) is 0 Å². The van der Waals surface area contributed by atoms with Crippen molar-refractivity contribution >= 4 is 11.4 Å². The molecule has 2 heterocycles. The molecule has 0 atom stereocenters. The highest BCUT2D eigenvalue weighted by molar-refractivity contribution is 6.03. The van der Waals surface area contributed by atoms with E-state index in [1.807, 2.05) is 26.4 Å². The lowest BCUT2D eigenvalue weighted by atomic mass is 10.1. The minimum absolute atomic E-state index is 0.973. The summed E-state index contributed by atoms with van der Waals surface area (Å²) in [6.07, 6.45) is 5.78. The van der Waals surface area contributed by atoms with E-state index in [4.69, 9.17) is 0 Å². The van der Waals surface area contributed by atoms with E-state index in [-0.39, 0.29) is 0 Å². The largest absolute Gasteiger partial charge is 0.275 e. The second kappa shape index (κ2) is 3.12. The Bertz CT molecular complexity index is 373. The molecular weight excluding hydrogens is 164 g/mol. The fourth-order valence-electron chi connectivity index (χ4n) is 1.32. The maximum atomic E-state index is 4.15. The van der Waals surface area contributed by atoms with E-state index >= 15 is 0 Å². The Balaban J connectivity index is 2.28. The number of hydrogen-bond acceptors (Lipinski definition) is 3. The Labute approximate surface area is 77.0 Å². The van der Waals surface area contributed by atoms with E-state index in [0.29, 0.717) is 0 Å². The molecular formula is C9H12N4. The monoisotopic (exact) mass is 176 g/mol. The molecule has 4 heteroatoms. The highest BCUT2D eigenvalue weighted by atomic mass is 15.3. The fraction of sp³-hybridized carbons (Fsp3) is 0.444. The molecule has 0 amide bonds. The van der Waals surface area contributed by atoms with Crippen molar-refractivity contribution in [1.29, 1.82) is 0 Å². The molecule has 13 heavy (non-hydrogen) atoms. The summed E-state index contributed by atoms with van der Waals surface area (Å²) in [5, 5.41) is 12.3. The van der Waals surface area contributed by atoms with Crippen LogP contribution in [0.25, 0.3) is 0 Å². The van der Waals surface area contributed by atoms with Gasteiger partial charge in [0.05, 0.1) is 11.9 Å². The molecule has 2 rings (SSSR count). The molecule has 0 bridgehead atoms. The second-order valence-electron chi connectivity index (χ2n) is 3.28. The third-order valence-electron chi connectivity index (χ3n) is 2.10. The van der Waals surface area contributed by atoms with Crippen molar-refractivity contribution in [3.63, 3.8) is 0 Å². The Morgan fingerprint density at radius 2 is 2.15 bits per heavy atom. The molecule has 1 aliphatic heterocycles. The van der Waals surface area contributed by atoms with E-state index < -0.39 is 0 Å². The van der Waals surface area contributed by atoms with Gasteiger partial charge in [0.2, 0.25) is 0 Å². The number of aromatic nitrogens is 2. The summed E-state index contributed by atoms with van der Waals surface area (Å²) in [5.74, 6) is 0. The van der Waals surface area contributed by atoms with Gasteiger partial charge in [-0.1, -0.05) is 0 Å². The fourth-order valence-corrected chi connectivity index (χ4v) is 1.32. The van der Waals surface area contributed by atoms with Crippen LogP contribution in [-0.4, -0.2) is 21.2 Å². The summed E-state index contributed by atoms with van der Waals surface area (Å²) in [5.41, 5.74) is 3.23. The number of rotatable bonds is 1. The van der Waals surface area contributed by atoms with Crippen molar-refractivity contribution in [3.05, 3.63) is 18.0 Å². The van der Waals surface area contributed by atoms with Crippen LogP contribution in [0.3, 0.4) is 0 Å². The number of nitrogens with zero attached hydrogens (tertiary/aromatic N) is 4. The van der Waals surface area contributed by atoms with E-state index in [0.717, 1.165) is 29.8 Å². The van der Waals surface area contributed by atoms with Crippen LogP contribution >= 0.6 is 0 Å². The summed E-state index contributed by atoms with van der Waals surface area (Å²) >= 11 is 0. The first-order valence-electron chi connectivity index (χ1n) is 4.35. The molecule has 0 fully saturated rings. The summed E-state index contributed by atoms with van der Waals surface area (Å²) in [7, 11) is 1.90. The minimum atomic E-state index is 0.973. The third kappa shape index (κ3) is 1.66. The quantitative estimate of drug-likeness (QED) is 0.637. The van der Waals surface area contributed by atoms with Crippen LogP contribution < -0.4 is 0 Å². The zero-order valence-corrected chi connectivity index (χ0v) is 7.86. The lowest BCUT2D eigenvalue weighted by molar-refractivity contribution is 0.767. The zero-order chi connectivity index (χ0) is 9.26. The molecule has 4 nitrogen and oxygen atoms in total. The Morgan fingerprint density at radius 3 is 2.69 bits per heavy atom. The molecule has 0 radical (unpaired) electrons. The van der Waals surface area contributed by atoms with Gasteiger partial charge < -0.3 is 0 Å². The lowest BCUT2D eigenvalue weighted by Crippen LogP contribution is -2.07. The molecule has 1 aromatic heterocycles. The van der Waals surface area contributed by atoms with Crippen molar-refractivity contribution in [1.82, 2.24) is 9.78 Å². The van der Waals surface area contributed by atoms with Crippen LogP contribution in [-0.2, 0) is 7.05 Å². The van der Waals surface area contributed by atoms with E-state index in [1.165, 1.54) is 0 Å². The van der Waals surface area contributed by atoms with Gasteiger partial charge in [0.1, 0.15) is 0 Å². The SMILES string of the molecule is CC1=NN=C(c2cnn(C)c2)CC1. The van der Waals surface area contributed by atoms with E-state index in [2.05, 4.69) is 15.3 Å². The van der Waals surface area contributed by atoms with Crippen molar-refractivity contribution in [2.24, 2.45) is 17.3 Å². The highest BCUT2D eigenvalue weighted by Crippen LogP contribution is 2.11. The lowest BCUT2D eigenvalue weighted by Gasteiger charge is -2.06. The van der Waals surface area contributed by atoms with Gasteiger partial charge in [-0.05, 0) is 19.8 Å². The molecule has 0 aromatic carbocycles. The molecule has 0 spiro atoms. The van der Waals surface area contributed by atoms with Gasteiger partial charge in [-0.3, -0.25) is 4.68 Å². The molecule has 1 aromatic rings. The van der Waals surface area contributed by atoms with Crippen LogP contribution in [0.5, 0.6) is 0 Å². The van der Waals surface area contributed by atoms with Crippen molar-refractivity contribution < 1.29 is 0 Å². The summed E-state index contributed by atoms with van der Waals surface area (Å²) in [6.45, 7) is 2.00. The first kappa shape index (κ1) is 8.16. The number of aryl methyl sites for hydroxylation is 1. The van der Waals surface area contributed by atoms with Crippen LogP contribution in [0, 0.1) is 0 Å². The topological polar surface area (TPSA) is 42.5 Å². The summed E-state index contributed by atoms with van der Waals surface area (Å²) in [6, 6.07) is 0. The highest BCUT2D eigenvalue weighted by Gasteiger charge is 2.10. The summed E-state index contributed by atoms with van der Waals surface area (Å²) < 4.78 is 1.78. The first-order valence-corrected chi connectivity index (χ1v) is 4.35. The van der Waals surface area contributed by atoms with E-state index in [1.54, 1.807) is 4.68 Å². The van der Waals surface area contributed by atoms with Gasteiger partial charge in [0.25, 0.3) is 0 Å². The van der Waals surface area contributed by atoms with Crippen molar-refractivity contribution in [3.8, 4) is 0 Å². The Kier molecular flexibility index (Phi) is 1.96. The normalized spacial score (nSPS) is 16.8. The smallest absolute Gasteiger partial charge is 0.0737 e. The van der Waals surface area contributed by atoms with Crippen LogP contribution in [0.1, 0.15) is 25.3 Å². The maximum Gasteiger partial charge on any atom is 0.0737 e. The molecule has 0 N–H and O–H groups in total. The van der Waals surface area contributed by atoms with Gasteiger partial charge >= 0.3 is 0 Å². The molecule has 68 valence electrons. The minimum Gasteiger partial charge on any atom is -0.275 e. The summed E-state index contributed by atoms with van der Waals surface area (Å²) in [4.78, 5) is 0. The van der Waals surface area contributed by atoms with Crippen LogP contribution in [0.4, 0.5) is 0 Å². The molecule has 1 aliphatic rings. The molecule has 0 saturated heterocycles. The second-order valence-corrected chi connectivity index (χ2v) is 3.28. The average Bonchev–Trinajstić information content (AvgIpc) is 2.53. The van der Waals surface area contributed by atoms with Gasteiger partial charge in [0.15, 0.2) is 0 Å². The average molecular weight is 176 g/mol. The third-order valence-corrected chi connectivity index (χ3v) is 2.10. The zero-order valence-electron chi connectivity index (χ0n) is 7.86. The number of hydrogen-bond donors (Lipinski definition) is 0. The maximum absolute atomic E-state index is 4.15. The van der Waals surface area contributed by atoms with Gasteiger partial charge in [-0.2, -0.15) is 15.3 Å². The Hall–Kier alpha value is -1.45. The molecule has 0 saturated carbocycles.